The number of ether oxygens (including phenoxy) is 1. The molecule has 3 rings (SSSR count). The molecule has 2 aromatic carbocycles. The van der Waals surface area contributed by atoms with Crippen LogP contribution in [-0.2, 0) is 23.1 Å². The van der Waals surface area contributed by atoms with E-state index in [1.54, 1.807) is 0 Å². The molecule has 0 spiro atoms. The van der Waals surface area contributed by atoms with Crippen LogP contribution in [0.1, 0.15) is 120 Å². The number of nitrogens with zero attached hydrogens (tertiary/aromatic N) is 1. The molecular formula is C32H43NO2. The number of carbonyl (C=O) groups excluding carboxylic acids is 1. The first kappa shape index (κ1) is 27.0. The molecule has 3 heteroatoms. The van der Waals surface area contributed by atoms with Crippen molar-refractivity contribution < 1.29 is 9.53 Å². The Labute approximate surface area is 212 Å². The van der Waals surface area contributed by atoms with E-state index in [1.165, 1.54) is 44.1 Å². The summed E-state index contributed by atoms with van der Waals surface area (Å²) in [4.78, 5) is 13.6. The van der Waals surface area contributed by atoms with Crippen LogP contribution in [0, 0.1) is 11.3 Å². The second-order valence-electron chi connectivity index (χ2n) is 10.3. The molecule has 0 unspecified atom stereocenters. The van der Waals surface area contributed by atoms with Gasteiger partial charge in [0.25, 0.3) is 0 Å². The molecule has 2 aromatic rings. The van der Waals surface area contributed by atoms with Crippen LogP contribution in [0.2, 0.25) is 0 Å². The van der Waals surface area contributed by atoms with Gasteiger partial charge in [-0.15, -0.1) is 0 Å². The molecule has 0 saturated heterocycles. The molecule has 188 valence electrons. The van der Waals surface area contributed by atoms with Crippen molar-refractivity contribution in [1.82, 2.24) is 0 Å². The van der Waals surface area contributed by atoms with Crippen molar-refractivity contribution in [3.05, 3.63) is 64.7 Å². The van der Waals surface area contributed by atoms with Gasteiger partial charge in [-0.05, 0) is 60.9 Å². The summed E-state index contributed by atoms with van der Waals surface area (Å²) in [7, 11) is 0. The molecule has 0 N–H and O–H groups in total. The van der Waals surface area contributed by atoms with Crippen LogP contribution in [-0.4, -0.2) is 5.97 Å². The minimum absolute atomic E-state index is 0.211. The number of benzene rings is 2. The summed E-state index contributed by atoms with van der Waals surface area (Å²) in [6.07, 6.45) is 16.8. The van der Waals surface area contributed by atoms with Crippen LogP contribution in [0.4, 0.5) is 0 Å². The van der Waals surface area contributed by atoms with E-state index in [-0.39, 0.29) is 5.97 Å². The van der Waals surface area contributed by atoms with Crippen molar-refractivity contribution in [2.45, 2.75) is 116 Å². The van der Waals surface area contributed by atoms with E-state index in [0.717, 1.165) is 68.9 Å². The Hall–Kier alpha value is -2.60. The summed E-state index contributed by atoms with van der Waals surface area (Å²) < 4.78 is 5.99. The van der Waals surface area contributed by atoms with E-state index >= 15 is 0 Å². The van der Waals surface area contributed by atoms with Crippen molar-refractivity contribution in [3.8, 4) is 11.8 Å². The molecule has 0 aromatic heterocycles. The zero-order valence-corrected chi connectivity index (χ0v) is 21.9. The summed E-state index contributed by atoms with van der Waals surface area (Å²) in [6.45, 7) is 4.42. The number of aryl methyl sites for hydroxylation is 2. The minimum atomic E-state index is -0.619. The largest absolute Gasteiger partial charge is 0.424 e. The molecule has 0 atom stereocenters. The van der Waals surface area contributed by atoms with Gasteiger partial charge in [-0.2, -0.15) is 5.26 Å². The average Bonchev–Trinajstić information content (AvgIpc) is 2.89. The molecule has 0 amide bonds. The maximum atomic E-state index is 13.6. The van der Waals surface area contributed by atoms with E-state index in [2.05, 4.69) is 44.2 Å². The topological polar surface area (TPSA) is 50.1 Å². The Morgan fingerprint density at radius 3 is 2.14 bits per heavy atom. The zero-order valence-electron chi connectivity index (χ0n) is 21.9. The second kappa shape index (κ2) is 14.1. The van der Waals surface area contributed by atoms with E-state index < -0.39 is 5.41 Å². The number of hydrogen-bond acceptors (Lipinski definition) is 3. The zero-order chi connectivity index (χ0) is 24.9. The third-order valence-electron chi connectivity index (χ3n) is 7.58. The van der Waals surface area contributed by atoms with Crippen molar-refractivity contribution in [2.75, 3.05) is 0 Å². The molecule has 0 heterocycles. The maximum Gasteiger partial charge on any atom is 0.321 e. The smallest absolute Gasteiger partial charge is 0.321 e. The summed E-state index contributed by atoms with van der Waals surface area (Å²) in [6, 6.07) is 16.6. The third-order valence-corrected chi connectivity index (χ3v) is 7.58. The first-order valence-corrected chi connectivity index (χ1v) is 14.0. The molecule has 1 aliphatic rings. The fourth-order valence-corrected chi connectivity index (χ4v) is 5.44. The fourth-order valence-electron chi connectivity index (χ4n) is 5.44. The standard InChI is InChI=1S/C32H43NO2/c1-3-5-6-7-8-9-11-15-27-18-21-30(28(24-27)25-33)35-31(34)32(22-12-10-13-23-32)29-19-16-26(14-4-2)17-20-29/h16-21,24H,3-15,22-23H2,1-2H3. The molecule has 35 heavy (non-hydrogen) atoms. The van der Waals surface area contributed by atoms with Gasteiger partial charge in [0.2, 0.25) is 0 Å². The Kier molecular flexibility index (Phi) is 10.9. The van der Waals surface area contributed by atoms with Crippen LogP contribution >= 0.6 is 0 Å². The first-order chi connectivity index (χ1) is 17.1. The highest BCUT2D eigenvalue weighted by Crippen LogP contribution is 2.41. The quantitative estimate of drug-likeness (QED) is 0.166. The monoisotopic (exact) mass is 473 g/mol. The highest BCUT2D eigenvalue weighted by Gasteiger charge is 2.43. The number of nitriles is 1. The predicted octanol–water partition coefficient (Wildman–Crippen LogP) is 8.61. The first-order valence-electron chi connectivity index (χ1n) is 14.0. The number of esters is 1. The summed E-state index contributed by atoms with van der Waals surface area (Å²) in [5.74, 6) is 0.185. The second-order valence-corrected chi connectivity index (χ2v) is 10.3. The lowest BCUT2D eigenvalue weighted by Gasteiger charge is -2.35. The van der Waals surface area contributed by atoms with Crippen LogP contribution < -0.4 is 4.74 Å². The Morgan fingerprint density at radius 2 is 1.49 bits per heavy atom. The molecule has 0 aliphatic heterocycles. The average molecular weight is 474 g/mol. The van der Waals surface area contributed by atoms with Gasteiger partial charge in [0.1, 0.15) is 11.8 Å². The van der Waals surface area contributed by atoms with Gasteiger partial charge in [0.05, 0.1) is 11.0 Å². The van der Waals surface area contributed by atoms with E-state index in [1.807, 2.05) is 18.2 Å². The lowest BCUT2D eigenvalue weighted by Crippen LogP contribution is -2.41. The predicted molar refractivity (Wildman–Crippen MR) is 144 cm³/mol. The van der Waals surface area contributed by atoms with Crippen molar-refractivity contribution in [3.63, 3.8) is 0 Å². The number of hydrogen-bond donors (Lipinski definition) is 0. The van der Waals surface area contributed by atoms with E-state index in [0.29, 0.717) is 11.3 Å². The highest BCUT2D eigenvalue weighted by molar-refractivity contribution is 5.85. The van der Waals surface area contributed by atoms with Gasteiger partial charge in [0, 0.05) is 0 Å². The third kappa shape index (κ3) is 7.44. The van der Waals surface area contributed by atoms with Gasteiger partial charge >= 0.3 is 5.97 Å². The summed E-state index contributed by atoms with van der Waals surface area (Å²) in [5.41, 5.74) is 3.35. The number of carbonyl (C=O) groups is 1. The number of rotatable bonds is 13. The Morgan fingerprint density at radius 1 is 0.829 bits per heavy atom. The van der Waals surface area contributed by atoms with Gasteiger partial charge in [-0.25, -0.2) is 0 Å². The van der Waals surface area contributed by atoms with E-state index in [4.69, 9.17) is 4.74 Å². The molecule has 3 nitrogen and oxygen atoms in total. The molecule has 1 saturated carbocycles. The van der Waals surface area contributed by atoms with Crippen molar-refractivity contribution in [1.29, 1.82) is 5.26 Å². The normalized spacial score (nSPS) is 14.9. The van der Waals surface area contributed by atoms with Crippen molar-refractivity contribution >= 4 is 5.97 Å². The van der Waals surface area contributed by atoms with Crippen LogP contribution in [0.25, 0.3) is 0 Å². The Bertz CT molecular complexity index is 964. The molecule has 1 aliphatic carbocycles. The SMILES string of the molecule is CCCCCCCCCc1ccc(OC(=O)C2(c3ccc(CCC)cc3)CCCCC2)c(C#N)c1. The highest BCUT2D eigenvalue weighted by atomic mass is 16.5. The van der Waals surface area contributed by atoms with E-state index in [9.17, 15) is 10.1 Å². The van der Waals surface area contributed by atoms with Crippen LogP contribution in [0.5, 0.6) is 5.75 Å². The lowest BCUT2D eigenvalue weighted by molar-refractivity contribution is -0.142. The summed E-state index contributed by atoms with van der Waals surface area (Å²) in [5, 5.41) is 9.78. The maximum absolute atomic E-state index is 13.6. The van der Waals surface area contributed by atoms with Crippen LogP contribution in [0.3, 0.4) is 0 Å². The summed E-state index contributed by atoms with van der Waals surface area (Å²) >= 11 is 0. The molecular weight excluding hydrogens is 430 g/mol. The fraction of sp³-hybridized carbons (Fsp3) is 0.562. The lowest BCUT2D eigenvalue weighted by atomic mass is 9.69. The van der Waals surface area contributed by atoms with Crippen LogP contribution in [0.15, 0.2) is 42.5 Å². The number of unbranched alkanes of at least 4 members (excludes halogenated alkanes) is 6. The minimum Gasteiger partial charge on any atom is -0.424 e. The van der Waals surface area contributed by atoms with Gasteiger partial charge in [0.15, 0.2) is 0 Å². The van der Waals surface area contributed by atoms with Crippen molar-refractivity contribution in [2.24, 2.45) is 0 Å². The Balaban J connectivity index is 1.67. The molecule has 0 radical (unpaired) electrons. The molecule has 1 fully saturated rings. The van der Waals surface area contributed by atoms with Gasteiger partial charge < -0.3 is 4.74 Å². The molecule has 0 bridgehead atoms. The van der Waals surface area contributed by atoms with Gasteiger partial charge in [-0.1, -0.05) is 108 Å². The van der Waals surface area contributed by atoms with Gasteiger partial charge in [-0.3, -0.25) is 4.79 Å².